The maximum atomic E-state index is 12.6. The van der Waals surface area contributed by atoms with Gasteiger partial charge in [0.25, 0.3) is 0 Å². The number of ether oxygens (including phenoxy) is 1. The molecule has 0 spiro atoms. The standard InChI is InChI=1S/C21H24N2O2/c1-15-8-9-17(23-12-18-10-19(13-23)22(18)2)11-20(15)21(24)25-14-16-6-4-3-5-7-16/h3-9,11,18-19H,10,12-14H2,1-2H3/t18-,19+. The third kappa shape index (κ3) is 3.14. The molecule has 25 heavy (non-hydrogen) atoms. The van der Waals surface area contributed by atoms with Crippen LogP contribution in [-0.2, 0) is 11.3 Å². The molecule has 0 unspecified atom stereocenters. The summed E-state index contributed by atoms with van der Waals surface area (Å²) < 4.78 is 5.52. The number of piperidine rings is 1. The quantitative estimate of drug-likeness (QED) is 0.803. The number of benzene rings is 2. The molecule has 5 rings (SSSR count). The van der Waals surface area contributed by atoms with Gasteiger partial charge in [-0.25, -0.2) is 4.79 Å². The number of hydrogen-bond donors (Lipinski definition) is 0. The molecular weight excluding hydrogens is 312 g/mol. The molecule has 3 saturated heterocycles. The Labute approximate surface area is 149 Å². The lowest BCUT2D eigenvalue weighted by atomic mass is 9.88. The van der Waals surface area contributed by atoms with Gasteiger partial charge in [0.05, 0.1) is 5.56 Å². The van der Waals surface area contributed by atoms with Gasteiger partial charge in [-0.3, -0.25) is 4.90 Å². The van der Waals surface area contributed by atoms with Crippen LogP contribution in [-0.4, -0.2) is 43.1 Å². The highest BCUT2D eigenvalue weighted by Gasteiger charge is 2.42. The molecule has 2 bridgehead atoms. The molecule has 4 heteroatoms. The number of likely N-dealkylation sites (N-methyl/N-ethyl adjacent to an activating group) is 1. The van der Waals surface area contributed by atoms with Crippen LogP contribution >= 0.6 is 0 Å². The maximum Gasteiger partial charge on any atom is 0.338 e. The Morgan fingerprint density at radius 3 is 2.52 bits per heavy atom. The summed E-state index contributed by atoms with van der Waals surface area (Å²) in [6.45, 7) is 4.34. The first-order chi connectivity index (χ1) is 12.1. The average molecular weight is 336 g/mol. The summed E-state index contributed by atoms with van der Waals surface area (Å²) in [5.41, 5.74) is 3.76. The van der Waals surface area contributed by atoms with E-state index in [0.717, 1.165) is 29.9 Å². The van der Waals surface area contributed by atoms with Gasteiger partial charge in [0.2, 0.25) is 0 Å². The third-order valence-corrected chi connectivity index (χ3v) is 5.58. The van der Waals surface area contributed by atoms with Crippen LogP contribution < -0.4 is 4.90 Å². The first kappa shape index (κ1) is 16.2. The van der Waals surface area contributed by atoms with Crippen molar-refractivity contribution in [3.05, 3.63) is 65.2 Å². The summed E-state index contributed by atoms with van der Waals surface area (Å²) in [5, 5.41) is 0. The zero-order valence-corrected chi connectivity index (χ0v) is 14.8. The predicted molar refractivity (Wildman–Crippen MR) is 98.9 cm³/mol. The Kier molecular flexibility index (Phi) is 4.22. The molecule has 0 aliphatic carbocycles. The normalized spacial score (nSPS) is 22.4. The lowest BCUT2D eigenvalue weighted by molar-refractivity contribution is 0.0264. The fraction of sp³-hybridized carbons (Fsp3) is 0.381. The number of hydrogen-bond acceptors (Lipinski definition) is 4. The molecule has 0 N–H and O–H groups in total. The van der Waals surface area contributed by atoms with E-state index in [1.54, 1.807) is 0 Å². The second-order valence-electron chi connectivity index (χ2n) is 7.17. The van der Waals surface area contributed by atoms with Gasteiger partial charge in [-0.05, 0) is 43.7 Å². The van der Waals surface area contributed by atoms with Gasteiger partial charge in [-0.2, -0.15) is 0 Å². The van der Waals surface area contributed by atoms with E-state index in [2.05, 4.69) is 22.9 Å². The van der Waals surface area contributed by atoms with Gasteiger partial charge in [0.1, 0.15) is 6.61 Å². The molecule has 0 aromatic heterocycles. The van der Waals surface area contributed by atoms with Crippen molar-refractivity contribution in [2.45, 2.75) is 32.0 Å². The average Bonchev–Trinajstić information content (AvgIpc) is 2.67. The van der Waals surface area contributed by atoms with Gasteiger partial charge < -0.3 is 9.64 Å². The summed E-state index contributed by atoms with van der Waals surface area (Å²) in [5.74, 6) is -0.248. The number of nitrogens with zero attached hydrogens (tertiary/aromatic N) is 2. The van der Waals surface area contributed by atoms with E-state index in [4.69, 9.17) is 4.74 Å². The number of piperazine rings is 1. The molecule has 3 fully saturated rings. The molecule has 130 valence electrons. The van der Waals surface area contributed by atoms with Crippen LogP contribution in [0.2, 0.25) is 0 Å². The van der Waals surface area contributed by atoms with Gasteiger partial charge >= 0.3 is 5.97 Å². The van der Waals surface area contributed by atoms with Crippen molar-refractivity contribution in [3.63, 3.8) is 0 Å². The van der Waals surface area contributed by atoms with Crippen molar-refractivity contribution in [2.24, 2.45) is 0 Å². The van der Waals surface area contributed by atoms with Gasteiger partial charge in [0.15, 0.2) is 0 Å². The molecule has 0 amide bonds. The first-order valence-corrected chi connectivity index (χ1v) is 8.90. The second-order valence-corrected chi connectivity index (χ2v) is 7.17. The maximum absolute atomic E-state index is 12.6. The number of carbonyl (C=O) groups excluding carboxylic acids is 1. The molecule has 2 aromatic rings. The largest absolute Gasteiger partial charge is 0.457 e. The Hall–Kier alpha value is -2.33. The number of esters is 1. The van der Waals surface area contributed by atoms with E-state index >= 15 is 0 Å². The van der Waals surface area contributed by atoms with Crippen molar-refractivity contribution in [1.82, 2.24) is 4.90 Å². The van der Waals surface area contributed by atoms with E-state index in [-0.39, 0.29) is 5.97 Å². The summed E-state index contributed by atoms with van der Waals surface area (Å²) >= 11 is 0. The second kappa shape index (κ2) is 6.52. The van der Waals surface area contributed by atoms with Crippen molar-refractivity contribution < 1.29 is 9.53 Å². The SMILES string of the molecule is Cc1ccc(N2C[C@H]3C[C@@H](C2)N3C)cc1C(=O)OCc1ccccc1. The van der Waals surface area contributed by atoms with Crippen molar-refractivity contribution in [2.75, 3.05) is 25.0 Å². The summed E-state index contributed by atoms with van der Waals surface area (Å²) in [7, 11) is 2.21. The van der Waals surface area contributed by atoms with Crippen LogP contribution in [0.25, 0.3) is 0 Å². The smallest absolute Gasteiger partial charge is 0.338 e. The summed E-state index contributed by atoms with van der Waals surface area (Å²) in [6.07, 6.45) is 1.30. The minimum atomic E-state index is -0.248. The fourth-order valence-electron chi connectivity index (χ4n) is 3.84. The zero-order chi connectivity index (χ0) is 17.4. The van der Waals surface area contributed by atoms with Gasteiger partial charge in [0, 0.05) is 30.9 Å². The highest BCUT2D eigenvalue weighted by Crippen LogP contribution is 2.33. The van der Waals surface area contributed by atoms with E-state index in [1.165, 1.54) is 6.42 Å². The predicted octanol–water partition coefficient (Wildman–Crippen LogP) is 3.24. The Balaban J connectivity index is 1.47. The fourth-order valence-corrected chi connectivity index (χ4v) is 3.84. The number of aryl methyl sites for hydroxylation is 1. The Morgan fingerprint density at radius 1 is 1.12 bits per heavy atom. The van der Waals surface area contributed by atoms with Crippen molar-refractivity contribution in [1.29, 1.82) is 0 Å². The van der Waals surface area contributed by atoms with Crippen LogP contribution in [0.1, 0.15) is 27.9 Å². The Morgan fingerprint density at radius 2 is 1.84 bits per heavy atom. The zero-order valence-electron chi connectivity index (χ0n) is 14.8. The van der Waals surface area contributed by atoms with Crippen LogP contribution in [0.4, 0.5) is 5.69 Å². The van der Waals surface area contributed by atoms with Crippen LogP contribution in [0.3, 0.4) is 0 Å². The molecule has 2 atom stereocenters. The lowest BCUT2D eigenvalue weighted by Crippen LogP contribution is -2.67. The lowest BCUT2D eigenvalue weighted by Gasteiger charge is -2.55. The Bertz CT molecular complexity index is 763. The molecule has 2 aromatic carbocycles. The molecular formula is C21H24N2O2. The van der Waals surface area contributed by atoms with Gasteiger partial charge in [-0.15, -0.1) is 0 Å². The number of fused-ring (bicyclic) bond motifs is 2. The molecule has 3 aliphatic heterocycles. The molecule has 0 radical (unpaired) electrons. The van der Waals surface area contributed by atoms with Crippen LogP contribution in [0.5, 0.6) is 0 Å². The number of rotatable bonds is 4. The van der Waals surface area contributed by atoms with Crippen LogP contribution in [0, 0.1) is 6.92 Å². The van der Waals surface area contributed by atoms with E-state index in [0.29, 0.717) is 24.3 Å². The number of carbonyl (C=O) groups is 1. The minimum absolute atomic E-state index is 0.248. The van der Waals surface area contributed by atoms with Crippen molar-refractivity contribution in [3.8, 4) is 0 Å². The molecule has 0 saturated carbocycles. The van der Waals surface area contributed by atoms with E-state index in [9.17, 15) is 4.79 Å². The monoisotopic (exact) mass is 336 g/mol. The third-order valence-electron chi connectivity index (χ3n) is 5.58. The highest BCUT2D eigenvalue weighted by molar-refractivity contribution is 5.92. The van der Waals surface area contributed by atoms with E-state index in [1.807, 2.05) is 49.4 Å². The van der Waals surface area contributed by atoms with Gasteiger partial charge in [-0.1, -0.05) is 36.4 Å². The highest BCUT2D eigenvalue weighted by atomic mass is 16.5. The summed E-state index contributed by atoms with van der Waals surface area (Å²) in [4.78, 5) is 17.4. The summed E-state index contributed by atoms with van der Waals surface area (Å²) in [6, 6.07) is 17.2. The van der Waals surface area contributed by atoms with E-state index < -0.39 is 0 Å². The minimum Gasteiger partial charge on any atom is -0.457 e. The topological polar surface area (TPSA) is 32.8 Å². The molecule has 3 heterocycles. The molecule has 4 nitrogen and oxygen atoms in total. The van der Waals surface area contributed by atoms with Crippen LogP contribution in [0.15, 0.2) is 48.5 Å². The van der Waals surface area contributed by atoms with Crippen molar-refractivity contribution >= 4 is 11.7 Å². The molecule has 3 aliphatic rings. The number of anilines is 1. The first-order valence-electron chi connectivity index (χ1n) is 8.90.